The maximum Gasteiger partial charge on any atom is 0.195 e. The van der Waals surface area contributed by atoms with Crippen LogP contribution in [0.25, 0.3) is 0 Å². The van der Waals surface area contributed by atoms with Crippen molar-refractivity contribution in [3.8, 4) is 5.75 Å². The summed E-state index contributed by atoms with van der Waals surface area (Å²) in [4.78, 5) is 0. The van der Waals surface area contributed by atoms with Gasteiger partial charge in [-0.3, -0.25) is 0 Å². The van der Waals surface area contributed by atoms with Gasteiger partial charge in [0.1, 0.15) is 5.75 Å². The standard InChI is InChI=1S/C11H14F3NO.ClH/c1-11(2,3)10(15)7-6(16)4-5(12)8(13)9(7)14;/h4,10,16H,15H2,1-3H3;1H/t10-;/m1./s1. The lowest BCUT2D eigenvalue weighted by Crippen LogP contribution is -2.27. The van der Waals surface area contributed by atoms with Crippen molar-refractivity contribution in [1.82, 2.24) is 0 Å². The van der Waals surface area contributed by atoms with Gasteiger partial charge in [-0.15, -0.1) is 12.4 Å². The van der Waals surface area contributed by atoms with Gasteiger partial charge >= 0.3 is 0 Å². The molecule has 0 aliphatic rings. The highest BCUT2D eigenvalue weighted by atomic mass is 35.5. The van der Waals surface area contributed by atoms with Crippen LogP contribution in [0.4, 0.5) is 13.2 Å². The first-order valence-corrected chi connectivity index (χ1v) is 4.78. The zero-order valence-electron chi connectivity index (χ0n) is 9.72. The first-order chi connectivity index (χ1) is 7.16. The quantitative estimate of drug-likeness (QED) is 0.769. The van der Waals surface area contributed by atoms with Crippen LogP contribution in [0.5, 0.6) is 5.75 Å². The SMILES string of the molecule is CC(C)(C)[C@H](N)c1c(O)cc(F)c(F)c1F.Cl. The van der Waals surface area contributed by atoms with Gasteiger partial charge in [-0.1, -0.05) is 20.8 Å². The fourth-order valence-electron chi connectivity index (χ4n) is 1.33. The number of phenolic OH excluding ortho intramolecular Hbond substituents is 1. The van der Waals surface area contributed by atoms with E-state index in [0.717, 1.165) is 0 Å². The molecule has 0 radical (unpaired) electrons. The fraction of sp³-hybridized carbons (Fsp3) is 0.455. The highest BCUT2D eigenvalue weighted by Gasteiger charge is 2.30. The van der Waals surface area contributed by atoms with E-state index in [4.69, 9.17) is 5.73 Å². The minimum absolute atomic E-state index is 0. The van der Waals surface area contributed by atoms with Crippen molar-refractivity contribution >= 4 is 12.4 Å². The Bertz CT molecular complexity index is 418. The number of rotatable bonds is 1. The second-order valence-electron chi connectivity index (χ2n) is 4.76. The van der Waals surface area contributed by atoms with Gasteiger partial charge in [0, 0.05) is 12.1 Å². The van der Waals surface area contributed by atoms with Crippen LogP contribution in [0.1, 0.15) is 32.4 Å². The molecular formula is C11H15ClF3NO. The van der Waals surface area contributed by atoms with Crippen molar-refractivity contribution in [1.29, 1.82) is 0 Å². The van der Waals surface area contributed by atoms with E-state index >= 15 is 0 Å². The largest absolute Gasteiger partial charge is 0.507 e. The van der Waals surface area contributed by atoms with Gasteiger partial charge in [0.25, 0.3) is 0 Å². The van der Waals surface area contributed by atoms with E-state index in [-0.39, 0.29) is 12.4 Å². The lowest BCUT2D eigenvalue weighted by molar-refractivity contribution is 0.301. The maximum atomic E-state index is 13.4. The van der Waals surface area contributed by atoms with Crippen molar-refractivity contribution in [2.45, 2.75) is 26.8 Å². The minimum Gasteiger partial charge on any atom is -0.507 e. The minimum atomic E-state index is -1.62. The monoisotopic (exact) mass is 269 g/mol. The second-order valence-corrected chi connectivity index (χ2v) is 4.76. The molecule has 0 bridgehead atoms. The lowest BCUT2D eigenvalue weighted by atomic mass is 9.82. The van der Waals surface area contributed by atoms with E-state index in [1.54, 1.807) is 20.8 Å². The average Bonchev–Trinajstić information content (AvgIpc) is 2.13. The highest BCUT2D eigenvalue weighted by molar-refractivity contribution is 5.85. The molecule has 1 aromatic rings. The molecule has 3 N–H and O–H groups in total. The van der Waals surface area contributed by atoms with Gasteiger partial charge in [-0.25, -0.2) is 13.2 Å². The molecule has 6 heteroatoms. The third kappa shape index (κ3) is 3.04. The van der Waals surface area contributed by atoms with Crippen molar-refractivity contribution in [2.75, 3.05) is 0 Å². The van der Waals surface area contributed by atoms with Crippen molar-refractivity contribution in [3.63, 3.8) is 0 Å². The summed E-state index contributed by atoms with van der Waals surface area (Å²) in [6.45, 7) is 5.12. The van der Waals surface area contributed by atoms with E-state index in [1.165, 1.54) is 0 Å². The molecule has 0 saturated heterocycles. The van der Waals surface area contributed by atoms with E-state index < -0.39 is 40.2 Å². The summed E-state index contributed by atoms with van der Waals surface area (Å²) in [7, 11) is 0. The van der Waals surface area contributed by atoms with E-state index in [0.29, 0.717) is 6.07 Å². The van der Waals surface area contributed by atoms with Gasteiger partial charge in [0.05, 0.1) is 5.56 Å². The first kappa shape index (κ1) is 16.1. The molecular weight excluding hydrogens is 255 g/mol. The number of hydrogen-bond donors (Lipinski definition) is 2. The molecule has 17 heavy (non-hydrogen) atoms. The predicted octanol–water partition coefficient (Wildman–Crippen LogP) is 3.28. The zero-order valence-corrected chi connectivity index (χ0v) is 10.5. The molecule has 0 saturated carbocycles. The Balaban J connectivity index is 0.00000256. The molecule has 1 rings (SSSR count). The maximum absolute atomic E-state index is 13.4. The van der Waals surface area contributed by atoms with Crippen LogP contribution in [-0.4, -0.2) is 5.11 Å². The van der Waals surface area contributed by atoms with Crippen LogP contribution in [0.3, 0.4) is 0 Å². The van der Waals surface area contributed by atoms with Gasteiger partial charge in [0.15, 0.2) is 17.5 Å². The first-order valence-electron chi connectivity index (χ1n) is 4.78. The Morgan fingerprint density at radius 3 is 2.06 bits per heavy atom. The summed E-state index contributed by atoms with van der Waals surface area (Å²) < 4.78 is 39.2. The molecule has 0 aliphatic heterocycles. The molecule has 0 amide bonds. The molecule has 0 spiro atoms. The normalized spacial score (nSPS) is 13.1. The van der Waals surface area contributed by atoms with Gasteiger partial charge in [-0.2, -0.15) is 0 Å². The van der Waals surface area contributed by atoms with Crippen LogP contribution < -0.4 is 5.73 Å². The third-order valence-corrected chi connectivity index (χ3v) is 2.42. The number of halogens is 4. The summed E-state index contributed by atoms with van der Waals surface area (Å²) in [5.41, 5.74) is 4.73. The molecule has 0 aliphatic carbocycles. The lowest BCUT2D eigenvalue weighted by Gasteiger charge is -2.28. The number of benzene rings is 1. The summed E-state index contributed by atoms with van der Waals surface area (Å²) >= 11 is 0. The number of aromatic hydroxyl groups is 1. The number of phenols is 1. The van der Waals surface area contributed by atoms with Crippen LogP contribution in [-0.2, 0) is 0 Å². The third-order valence-electron chi connectivity index (χ3n) is 2.42. The summed E-state index contributed by atoms with van der Waals surface area (Å²) in [6.07, 6.45) is 0. The Kier molecular flexibility index (Phi) is 4.86. The van der Waals surface area contributed by atoms with Crippen LogP contribution >= 0.6 is 12.4 Å². The summed E-state index contributed by atoms with van der Waals surface area (Å²) in [5, 5.41) is 9.40. The van der Waals surface area contributed by atoms with Crippen molar-refractivity contribution in [2.24, 2.45) is 11.1 Å². The van der Waals surface area contributed by atoms with E-state index in [9.17, 15) is 18.3 Å². The summed E-state index contributed by atoms with van der Waals surface area (Å²) in [6, 6.07) is -0.401. The van der Waals surface area contributed by atoms with E-state index in [2.05, 4.69) is 0 Å². The summed E-state index contributed by atoms with van der Waals surface area (Å²) in [5.74, 6) is -5.15. The fourth-order valence-corrected chi connectivity index (χ4v) is 1.33. The number of nitrogens with two attached hydrogens (primary N) is 1. The predicted molar refractivity (Wildman–Crippen MR) is 61.6 cm³/mol. The van der Waals surface area contributed by atoms with Gasteiger partial charge in [0.2, 0.25) is 0 Å². The van der Waals surface area contributed by atoms with Crippen LogP contribution in [0.15, 0.2) is 6.07 Å². The molecule has 0 fully saturated rings. The van der Waals surface area contributed by atoms with Crippen LogP contribution in [0, 0.1) is 22.9 Å². The Labute approximate surface area is 104 Å². The Morgan fingerprint density at radius 2 is 1.65 bits per heavy atom. The van der Waals surface area contributed by atoms with Gasteiger partial charge in [-0.05, 0) is 5.41 Å². The molecule has 2 nitrogen and oxygen atoms in total. The van der Waals surface area contributed by atoms with E-state index in [1.807, 2.05) is 0 Å². The van der Waals surface area contributed by atoms with Crippen molar-refractivity contribution < 1.29 is 18.3 Å². The smallest absolute Gasteiger partial charge is 0.195 e. The molecule has 98 valence electrons. The molecule has 1 aromatic carbocycles. The molecule has 0 aromatic heterocycles. The highest BCUT2D eigenvalue weighted by Crippen LogP contribution is 2.38. The van der Waals surface area contributed by atoms with Crippen molar-refractivity contribution in [3.05, 3.63) is 29.1 Å². The topological polar surface area (TPSA) is 46.2 Å². The van der Waals surface area contributed by atoms with Crippen LogP contribution in [0.2, 0.25) is 0 Å². The molecule has 1 atom stereocenters. The second kappa shape index (κ2) is 5.14. The number of hydrogen-bond acceptors (Lipinski definition) is 2. The zero-order chi connectivity index (χ0) is 12.7. The molecule has 0 unspecified atom stereocenters. The van der Waals surface area contributed by atoms with Gasteiger partial charge < -0.3 is 10.8 Å². The molecule has 0 heterocycles. The Hall–Kier alpha value is -0.940. The Morgan fingerprint density at radius 1 is 1.18 bits per heavy atom. The average molecular weight is 270 g/mol.